The number of furan rings is 1. The van der Waals surface area contributed by atoms with Gasteiger partial charge in [0.1, 0.15) is 5.76 Å². The maximum absolute atomic E-state index is 11.8. The van der Waals surface area contributed by atoms with Gasteiger partial charge in [-0.2, -0.15) is 0 Å². The van der Waals surface area contributed by atoms with Crippen molar-refractivity contribution in [1.29, 1.82) is 0 Å². The zero-order valence-corrected chi connectivity index (χ0v) is 10.7. The molecule has 2 heterocycles. The number of carbonyl (C=O) groups is 1. The van der Waals surface area contributed by atoms with Crippen LogP contribution in [0.25, 0.3) is 0 Å². The second-order valence-electron chi connectivity index (χ2n) is 2.90. The number of carbonyl (C=O) groups excluding carboxylic acids is 1. The van der Waals surface area contributed by atoms with E-state index in [1.165, 1.54) is 11.3 Å². The second-order valence-corrected chi connectivity index (χ2v) is 5.01. The van der Waals surface area contributed by atoms with Crippen LogP contribution >= 0.6 is 38.9 Å². The Labute approximate surface area is 104 Å². The average molecular weight is 306 g/mol. The van der Waals surface area contributed by atoms with Gasteiger partial charge in [0.25, 0.3) is 0 Å². The van der Waals surface area contributed by atoms with Crippen LogP contribution in [0.4, 0.5) is 0 Å². The van der Waals surface area contributed by atoms with Crippen molar-refractivity contribution in [2.75, 3.05) is 0 Å². The van der Waals surface area contributed by atoms with Crippen LogP contribution in [0.1, 0.15) is 15.4 Å². The Balaban J connectivity index is 2.14. The fourth-order valence-corrected chi connectivity index (χ4v) is 2.62. The van der Waals surface area contributed by atoms with Crippen molar-refractivity contribution in [2.45, 2.75) is 6.42 Å². The molecule has 0 fully saturated rings. The maximum atomic E-state index is 11.8. The quantitative estimate of drug-likeness (QED) is 0.796. The summed E-state index contributed by atoms with van der Waals surface area (Å²) in [4.78, 5) is 12.3. The van der Waals surface area contributed by atoms with Gasteiger partial charge in [0, 0.05) is 0 Å². The third kappa shape index (κ3) is 2.51. The SMILES string of the molecule is O=C(Cc1ccc(Br)o1)c1sccc1Cl. The lowest BCUT2D eigenvalue weighted by atomic mass is 10.2. The van der Waals surface area contributed by atoms with Crippen molar-refractivity contribution in [3.63, 3.8) is 0 Å². The van der Waals surface area contributed by atoms with E-state index in [9.17, 15) is 4.79 Å². The van der Waals surface area contributed by atoms with Crippen LogP contribution in [-0.2, 0) is 6.42 Å². The first-order chi connectivity index (χ1) is 7.16. The van der Waals surface area contributed by atoms with Gasteiger partial charge in [-0.1, -0.05) is 11.6 Å². The zero-order valence-electron chi connectivity index (χ0n) is 7.50. The van der Waals surface area contributed by atoms with Gasteiger partial charge in [-0.15, -0.1) is 11.3 Å². The molecule has 15 heavy (non-hydrogen) atoms. The molecular formula is C10H6BrClO2S. The molecule has 0 saturated heterocycles. The zero-order chi connectivity index (χ0) is 10.8. The van der Waals surface area contributed by atoms with E-state index in [0.29, 0.717) is 20.3 Å². The molecule has 0 N–H and O–H groups in total. The topological polar surface area (TPSA) is 30.2 Å². The van der Waals surface area contributed by atoms with E-state index in [0.717, 1.165) is 0 Å². The molecule has 0 spiro atoms. The van der Waals surface area contributed by atoms with Gasteiger partial charge in [0.2, 0.25) is 0 Å². The maximum Gasteiger partial charge on any atom is 0.181 e. The average Bonchev–Trinajstić information content (AvgIpc) is 2.75. The highest BCUT2D eigenvalue weighted by molar-refractivity contribution is 9.10. The number of rotatable bonds is 3. The molecule has 5 heteroatoms. The summed E-state index contributed by atoms with van der Waals surface area (Å²) in [6, 6.07) is 5.25. The number of ketones is 1. The molecule has 0 amide bonds. The van der Waals surface area contributed by atoms with Crippen LogP contribution < -0.4 is 0 Å². The van der Waals surface area contributed by atoms with Crippen molar-refractivity contribution < 1.29 is 9.21 Å². The molecule has 0 saturated carbocycles. The highest BCUT2D eigenvalue weighted by Crippen LogP contribution is 2.24. The highest BCUT2D eigenvalue weighted by atomic mass is 79.9. The minimum absolute atomic E-state index is 0.0168. The van der Waals surface area contributed by atoms with Crippen LogP contribution in [0.2, 0.25) is 5.02 Å². The first-order valence-electron chi connectivity index (χ1n) is 4.17. The van der Waals surface area contributed by atoms with Gasteiger partial charge in [-0.3, -0.25) is 4.79 Å². The largest absolute Gasteiger partial charge is 0.454 e. The minimum atomic E-state index is -0.0168. The summed E-state index contributed by atoms with van der Waals surface area (Å²) in [6.45, 7) is 0. The number of thiophene rings is 1. The summed E-state index contributed by atoms with van der Waals surface area (Å²) in [7, 11) is 0. The lowest BCUT2D eigenvalue weighted by Crippen LogP contribution is -2.00. The Bertz CT molecular complexity index is 489. The molecule has 2 aromatic rings. The second kappa shape index (κ2) is 4.51. The smallest absolute Gasteiger partial charge is 0.181 e. The summed E-state index contributed by atoms with van der Waals surface area (Å²) in [5, 5.41) is 2.31. The van der Waals surface area contributed by atoms with Gasteiger partial charge in [-0.25, -0.2) is 0 Å². The summed E-state index contributed by atoms with van der Waals surface area (Å²) < 4.78 is 5.88. The predicted octanol–water partition coefficient (Wildman–Crippen LogP) is 4.18. The van der Waals surface area contributed by atoms with Crippen molar-refractivity contribution >= 4 is 44.7 Å². The summed E-state index contributed by atoms with van der Waals surface area (Å²) in [5.74, 6) is 0.619. The summed E-state index contributed by atoms with van der Waals surface area (Å²) in [6.07, 6.45) is 0.242. The lowest BCUT2D eigenvalue weighted by Gasteiger charge is -1.95. The van der Waals surface area contributed by atoms with E-state index in [2.05, 4.69) is 15.9 Å². The Morgan fingerprint density at radius 1 is 1.47 bits per heavy atom. The molecule has 0 bridgehead atoms. The van der Waals surface area contributed by atoms with Gasteiger partial charge in [0.05, 0.1) is 16.3 Å². The van der Waals surface area contributed by atoms with Gasteiger partial charge < -0.3 is 4.42 Å². The fourth-order valence-electron chi connectivity index (χ4n) is 1.18. The van der Waals surface area contributed by atoms with E-state index in [1.807, 2.05) is 0 Å². The first kappa shape index (κ1) is 10.9. The van der Waals surface area contributed by atoms with Crippen LogP contribution in [0, 0.1) is 0 Å². The van der Waals surface area contributed by atoms with Crippen molar-refractivity contribution in [2.24, 2.45) is 0 Å². The lowest BCUT2D eigenvalue weighted by molar-refractivity contribution is 0.0991. The van der Waals surface area contributed by atoms with Crippen molar-refractivity contribution in [3.8, 4) is 0 Å². The Hall–Kier alpha value is -0.580. The van der Waals surface area contributed by atoms with E-state index in [1.54, 1.807) is 23.6 Å². The van der Waals surface area contributed by atoms with Gasteiger partial charge in [0.15, 0.2) is 10.5 Å². The first-order valence-corrected chi connectivity index (χ1v) is 6.22. The van der Waals surface area contributed by atoms with Crippen LogP contribution in [-0.4, -0.2) is 5.78 Å². The van der Waals surface area contributed by atoms with E-state index in [4.69, 9.17) is 16.0 Å². The van der Waals surface area contributed by atoms with Crippen molar-refractivity contribution in [1.82, 2.24) is 0 Å². The highest BCUT2D eigenvalue weighted by Gasteiger charge is 2.14. The number of hydrogen-bond acceptors (Lipinski definition) is 3. The molecule has 2 aromatic heterocycles. The van der Waals surface area contributed by atoms with Crippen LogP contribution in [0.5, 0.6) is 0 Å². The molecule has 2 rings (SSSR count). The normalized spacial score (nSPS) is 10.5. The van der Waals surface area contributed by atoms with Crippen LogP contribution in [0.3, 0.4) is 0 Å². The number of halogens is 2. The van der Waals surface area contributed by atoms with Crippen molar-refractivity contribution in [3.05, 3.63) is 43.9 Å². The molecule has 0 unspecified atom stereocenters. The van der Waals surface area contributed by atoms with E-state index >= 15 is 0 Å². The van der Waals surface area contributed by atoms with Gasteiger partial charge >= 0.3 is 0 Å². The molecule has 0 aliphatic heterocycles. The summed E-state index contributed by atoms with van der Waals surface area (Å²) in [5.41, 5.74) is 0. The summed E-state index contributed by atoms with van der Waals surface area (Å²) >= 11 is 10.4. The fraction of sp³-hybridized carbons (Fsp3) is 0.100. The molecule has 2 nitrogen and oxygen atoms in total. The third-order valence-corrected chi connectivity index (χ3v) is 3.64. The number of hydrogen-bond donors (Lipinski definition) is 0. The molecule has 0 atom stereocenters. The monoisotopic (exact) mass is 304 g/mol. The molecule has 0 radical (unpaired) electrons. The van der Waals surface area contributed by atoms with Crippen LogP contribution in [0.15, 0.2) is 32.7 Å². The number of Topliss-reactive ketones (excluding diaryl/α,β-unsaturated/α-hetero) is 1. The molecule has 78 valence electrons. The molecule has 0 aliphatic carbocycles. The van der Waals surface area contributed by atoms with E-state index in [-0.39, 0.29) is 12.2 Å². The molecular weight excluding hydrogens is 300 g/mol. The molecule has 0 aromatic carbocycles. The van der Waals surface area contributed by atoms with E-state index < -0.39 is 0 Å². The minimum Gasteiger partial charge on any atom is -0.454 e. The van der Waals surface area contributed by atoms with Gasteiger partial charge in [-0.05, 0) is 39.5 Å². The Morgan fingerprint density at radius 2 is 2.27 bits per heavy atom. The standard InChI is InChI=1S/C10H6BrClO2S/c11-9-2-1-6(14-9)5-8(13)10-7(12)3-4-15-10/h1-4H,5H2. The Morgan fingerprint density at radius 3 is 2.80 bits per heavy atom. The Kier molecular flexibility index (Phi) is 3.29. The third-order valence-electron chi connectivity index (χ3n) is 1.83. The predicted molar refractivity (Wildman–Crippen MR) is 63.8 cm³/mol. The molecule has 0 aliphatic rings.